The molecule has 2 N–H and O–H groups in total. The van der Waals surface area contributed by atoms with E-state index < -0.39 is 12.0 Å². The Balaban J connectivity index is 2.16. The minimum Gasteiger partial charge on any atom is -0.478 e. The van der Waals surface area contributed by atoms with Crippen LogP contribution in [0.2, 0.25) is 0 Å². The van der Waals surface area contributed by atoms with Crippen molar-refractivity contribution in [1.29, 1.82) is 0 Å². The van der Waals surface area contributed by atoms with Crippen LogP contribution in [0.25, 0.3) is 6.08 Å². The highest BCUT2D eigenvalue weighted by molar-refractivity contribution is 5.96. The quantitative estimate of drug-likeness (QED) is 0.705. The summed E-state index contributed by atoms with van der Waals surface area (Å²) >= 11 is 0. The number of amides is 2. The molecule has 1 aromatic rings. The van der Waals surface area contributed by atoms with E-state index in [0.29, 0.717) is 24.8 Å². The molecule has 1 fully saturated rings. The van der Waals surface area contributed by atoms with Gasteiger partial charge in [0.15, 0.2) is 0 Å². The summed E-state index contributed by atoms with van der Waals surface area (Å²) in [5.41, 5.74) is 0.934. The van der Waals surface area contributed by atoms with Gasteiger partial charge in [0.05, 0.1) is 5.56 Å². The first-order valence-corrected chi connectivity index (χ1v) is 9.79. The van der Waals surface area contributed by atoms with Gasteiger partial charge in [-0.2, -0.15) is 0 Å². The third-order valence-corrected chi connectivity index (χ3v) is 4.75. The van der Waals surface area contributed by atoms with Crippen LogP contribution < -0.4 is 5.32 Å². The van der Waals surface area contributed by atoms with Gasteiger partial charge in [-0.05, 0) is 48.4 Å². The summed E-state index contributed by atoms with van der Waals surface area (Å²) < 4.78 is 0. The highest BCUT2D eigenvalue weighted by Gasteiger charge is 2.36. The number of hydrogen-bond donors (Lipinski definition) is 2. The van der Waals surface area contributed by atoms with E-state index in [4.69, 9.17) is 5.11 Å². The van der Waals surface area contributed by atoms with Gasteiger partial charge in [-0.15, -0.1) is 0 Å². The third-order valence-electron chi connectivity index (χ3n) is 4.75. The fraction of sp³-hybridized carbons (Fsp3) is 0.500. The van der Waals surface area contributed by atoms with Crippen molar-refractivity contribution in [1.82, 2.24) is 10.2 Å². The van der Waals surface area contributed by atoms with E-state index in [1.165, 1.54) is 18.2 Å². The normalized spacial score (nSPS) is 20.1. The number of carboxylic acid groups (broad SMARTS) is 1. The summed E-state index contributed by atoms with van der Waals surface area (Å²) in [4.78, 5) is 38.1. The van der Waals surface area contributed by atoms with E-state index in [1.807, 2.05) is 13.8 Å². The Morgan fingerprint density at radius 1 is 1.14 bits per heavy atom. The van der Waals surface area contributed by atoms with Gasteiger partial charge in [0.1, 0.15) is 6.04 Å². The second kappa shape index (κ2) is 9.53. The van der Waals surface area contributed by atoms with E-state index in [-0.39, 0.29) is 23.4 Å². The molecule has 2 rings (SSSR count). The average molecular weight is 386 g/mol. The zero-order valence-electron chi connectivity index (χ0n) is 17.0. The van der Waals surface area contributed by atoms with Crippen LogP contribution in [-0.2, 0) is 9.59 Å². The zero-order chi connectivity index (χ0) is 20.8. The highest BCUT2D eigenvalue weighted by Crippen LogP contribution is 2.20. The second-order valence-corrected chi connectivity index (χ2v) is 8.23. The highest BCUT2D eigenvalue weighted by atomic mass is 16.4. The van der Waals surface area contributed by atoms with Crippen molar-refractivity contribution in [2.24, 2.45) is 11.8 Å². The first kappa shape index (κ1) is 21.7. The predicted molar refractivity (Wildman–Crippen MR) is 109 cm³/mol. The molecule has 6 nitrogen and oxygen atoms in total. The summed E-state index contributed by atoms with van der Waals surface area (Å²) in [6.45, 7) is 8.77. The Bertz CT molecular complexity index is 737. The number of nitrogens with zero attached hydrogens (tertiary/aromatic N) is 1. The molecule has 0 bridgehead atoms. The van der Waals surface area contributed by atoms with E-state index in [0.717, 1.165) is 12.0 Å². The molecule has 6 heteroatoms. The summed E-state index contributed by atoms with van der Waals surface area (Å²) in [6, 6.07) is 5.81. The lowest BCUT2D eigenvalue weighted by atomic mass is 9.95. The molecule has 0 unspecified atom stereocenters. The van der Waals surface area contributed by atoms with Gasteiger partial charge in [-0.1, -0.05) is 39.8 Å². The van der Waals surface area contributed by atoms with Crippen molar-refractivity contribution in [2.45, 2.75) is 52.6 Å². The molecular formula is C22H30N2O4. The van der Waals surface area contributed by atoms with Crippen LogP contribution >= 0.6 is 0 Å². The molecule has 0 saturated carbocycles. The summed E-state index contributed by atoms with van der Waals surface area (Å²) in [5.74, 6) is -0.555. The molecule has 0 spiro atoms. The first-order valence-electron chi connectivity index (χ1n) is 9.79. The maximum Gasteiger partial charge on any atom is 0.335 e. The Hall–Kier alpha value is -2.63. The van der Waals surface area contributed by atoms with Crippen LogP contribution in [-0.4, -0.2) is 46.4 Å². The van der Waals surface area contributed by atoms with E-state index in [2.05, 4.69) is 19.2 Å². The van der Waals surface area contributed by atoms with Crippen LogP contribution in [0.15, 0.2) is 30.3 Å². The fourth-order valence-electron chi connectivity index (χ4n) is 3.48. The molecule has 0 aliphatic carbocycles. The number of aromatic carboxylic acids is 1. The van der Waals surface area contributed by atoms with Gasteiger partial charge >= 0.3 is 5.97 Å². The second-order valence-electron chi connectivity index (χ2n) is 8.23. The topological polar surface area (TPSA) is 86.7 Å². The van der Waals surface area contributed by atoms with Crippen molar-refractivity contribution in [3.05, 3.63) is 41.5 Å². The molecule has 152 valence electrons. The molecule has 0 radical (unpaired) electrons. The minimum absolute atomic E-state index is 0.0388. The lowest BCUT2D eigenvalue weighted by Gasteiger charge is -2.40. The average Bonchev–Trinajstić information content (AvgIpc) is 2.61. The molecular weight excluding hydrogens is 356 g/mol. The molecule has 1 aromatic carbocycles. The van der Waals surface area contributed by atoms with Crippen LogP contribution in [0.5, 0.6) is 0 Å². The largest absolute Gasteiger partial charge is 0.478 e. The molecule has 1 aliphatic heterocycles. The number of rotatable bonds is 7. The Morgan fingerprint density at radius 3 is 2.29 bits per heavy atom. The van der Waals surface area contributed by atoms with Crippen molar-refractivity contribution >= 4 is 23.9 Å². The SMILES string of the molecule is CC(C)C[C@H]1CN(C(=O)C=Cc2ccc(C(=O)O)cc2)[C@@H](CC(C)C)C(=O)N1. The summed E-state index contributed by atoms with van der Waals surface area (Å²) in [5, 5.41) is 12.0. The maximum absolute atomic E-state index is 12.9. The maximum atomic E-state index is 12.9. The zero-order valence-corrected chi connectivity index (χ0v) is 17.0. The molecule has 1 aliphatic rings. The lowest BCUT2D eigenvalue weighted by Crippen LogP contribution is -2.61. The molecule has 2 amide bonds. The number of carbonyl (C=O) groups is 3. The van der Waals surface area contributed by atoms with Gasteiger partial charge in [-0.25, -0.2) is 4.79 Å². The monoisotopic (exact) mass is 386 g/mol. The third kappa shape index (κ3) is 5.94. The Kier molecular flexibility index (Phi) is 7.38. The van der Waals surface area contributed by atoms with Crippen LogP contribution in [0.1, 0.15) is 56.5 Å². The fourth-order valence-corrected chi connectivity index (χ4v) is 3.48. The Morgan fingerprint density at radius 2 is 1.75 bits per heavy atom. The molecule has 2 atom stereocenters. The van der Waals surface area contributed by atoms with Crippen molar-refractivity contribution in [3.8, 4) is 0 Å². The summed E-state index contributed by atoms with van der Waals surface area (Å²) in [6.07, 6.45) is 4.57. The molecule has 1 heterocycles. The number of hydrogen-bond acceptors (Lipinski definition) is 3. The molecule has 28 heavy (non-hydrogen) atoms. The molecule has 1 saturated heterocycles. The number of nitrogens with one attached hydrogen (secondary N) is 1. The van der Waals surface area contributed by atoms with Crippen molar-refractivity contribution in [3.63, 3.8) is 0 Å². The number of benzene rings is 1. The standard InChI is InChI=1S/C22H30N2O4/c1-14(2)11-18-13-24(19(12-15(3)4)21(26)23-18)20(25)10-7-16-5-8-17(9-6-16)22(27)28/h5-10,14-15,18-19H,11-13H2,1-4H3,(H,23,26)(H,27,28)/t18-,19-/m0/s1. The predicted octanol–water partition coefficient (Wildman–Crippen LogP) is 3.19. The number of carboxylic acids is 1. The van der Waals surface area contributed by atoms with E-state index >= 15 is 0 Å². The van der Waals surface area contributed by atoms with Crippen molar-refractivity contribution in [2.75, 3.05) is 6.54 Å². The van der Waals surface area contributed by atoms with Crippen LogP contribution in [0.3, 0.4) is 0 Å². The van der Waals surface area contributed by atoms with Crippen molar-refractivity contribution < 1.29 is 19.5 Å². The smallest absolute Gasteiger partial charge is 0.335 e. The minimum atomic E-state index is -0.987. The molecule has 0 aromatic heterocycles. The van der Waals surface area contributed by atoms with Gasteiger partial charge in [0.2, 0.25) is 11.8 Å². The number of carbonyl (C=O) groups excluding carboxylic acids is 2. The van der Waals surface area contributed by atoms with Gasteiger partial charge in [0, 0.05) is 18.7 Å². The van der Waals surface area contributed by atoms with Crippen LogP contribution in [0.4, 0.5) is 0 Å². The first-order chi connectivity index (χ1) is 13.2. The number of piperazine rings is 1. The van der Waals surface area contributed by atoms with Gasteiger partial charge in [-0.3, -0.25) is 9.59 Å². The summed E-state index contributed by atoms with van der Waals surface area (Å²) in [7, 11) is 0. The van der Waals surface area contributed by atoms with Crippen LogP contribution in [0, 0.1) is 11.8 Å². The van der Waals surface area contributed by atoms with E-state index in [1.54, 1.807) is 23.1 Å². The van der Waals surface area contributed by atoms with Gasteiger partial charge < -0.3 is 15.3 Å². The van der Waals surface area contributed by atoms with E-state index in [9.17, 15) is 14.4 Å². The Labute approximate surface area is 166 Å². The van der Waals surface area contributed by atoms with Gasteiger partial charge in [0.25, 0.3) is 0 Å². The lowest BCUT2D eigenvalue weighted by molar-refractivity contribution is -0.142.